The number of carbonyl (C=O) groups excluding carboxylic acids is 1. The van der Waals surface area contributed by atoms with Gasteiger partial charge in [-0.05, 0) is 51.4 Å². The van der Waals surface area contributed by atoms with Crippen LogP contribution < -0.4 is 5.32 Å². The zero-order chi connectivity index (χ0) is 15.6. The minimum Gasteiger partial charge on any atom is -0.480 e. The van der Waals surface area contributed by atoms with Crippen LogP contribution in [-0.4, -0.2) is 28.8 Å². The molecule has 120 valence electrons. The first-order valence-corrected chi connectivity index (χ1v) is 7.98. The fourth-order valence-corrected chi connectivity index (χ4v) is 3.87. The molecule has 5 nitrogen and oxygen atoms in total. The summed E-state index contributed by atoms with van der Waals surface area (Å²) >= 11 is 0. The zero-order valence-electron chi connectivity index (χ0n) is 13.2. The van der Waals surface area contributed by atoms with E-state index in [1.165, 1.54) is 25.7 Å². The lowest BCUT2D eigenvalue weighted by molar-refractivity contribution is -0.141. The van der Waals surface area contributed by atoms with Crippen molar-refractivity contribution in [2.75, 3.05) is 0 Å². The summed E-state index contributed by atoms with van der Waals surface area (Å²) < 4.78 is 5.18. The van der Waals surface area contributed by atoms with E-state index in [0.29, 0.717) is 11.8 Å². The second-order valence-corrected chi connectivity index (χ2v) is 7.50. The van der Waals surface area contributed by atoms with Crippen molar-refractivity contribution in [1.29, 1.82) is 0 Å². The molecular weight excluding hydrogens is 270 g/mol. The number of carboxylic acids is 1. The largest absolute Gasteiger partial charge is 0.480 e. The molecule has 0 radical (unpaired) electrons. The SMILES string of the molecule is CC(C)(C)OC(=O)NC(C(=O)O)C1CC2CCCCC2C1. The average Bonchev–Trinajstić information content (AvgIpc) is 2.76. The summed E-state index contributed by atoms with van der Waals surface area (Å²) in [7, 11) is 0. The van der Waals surface area contributed by atoms with Crippen LogP contribution in [-0.2, 0) is 9.53 Å². The molecule has 0 saturated heterocycles. The average molecular weight is 297 g/mol. The summed E-state index contributed by atoms with van der Waals surface area (Å²) in [5.41, 5.74) is -0.614. The number of rotatable bonds is 3. The van der Waals surface area contributed by atoms with Gasteiger partial charge in [0.2, 0.25) is 0 Å². The number of carbonyl (C=O) groups is 2. The molecule has 2 rings (SSSR count). The van der Waals surface area contributed by atoms with Crippen LogP contribution in [0.15, 0.2) is 0 Å². The summed E-state index contributed by atoms with van der Waals surface area (Å²) in [6.07, 6.45) is 6.12. The monoisotopic (exact) mass is 297 g/mol. The highest BCUT2D eigenvalue weighted by Gasteiger charge is 2.42. The number of fused-ring (bicyclic) bond motifs is 1. The molecular formula is C16H27NO4. The third-order valence-electron chi connectivity index (χ3n) is 4.69. The van der Waals surface area contributed by atoms with E-state index < -0.39 is 23.7 Å². The zero-order valence-corrected chi connectivity index (χ0v) is 13.2. The highest BCUT2D eigenvalue weighted by molar-refractivity contribution is 5.80. The van der Waals surface area contributed by atoms with Crippen LogP contribution in [0.2, 0.25) is 0 Å². The predicted molar refractivity (Wildman–Crippen MR) is 79.0 cm³/mol. The van der Waals surface area contributed by atoms with Crippen molar-refractivity contribution < 1.29 is 19.4 Å². The highest BCUT2D eigenvalue weighted by atomic mass is 16.6. The number of hydrogen-bond donors (Lipinski definition) is 2. The molecule has 0 bridgehead atoms. The number of ether oxygens (including phenoxy) is 1. The summed E-state index contributed by atoms with van der Waals surface area (Å²) in [6, 6.07) is -0.828. The van der Waals surface area contributed by atoms with Crippen molar-refractivity contribution in [3.8, 4) is 0 Å². The van der Waals surface area contributed by atoms with Gasteiger partial charge in [0.15, 0.2) is 0 Å². The van der Waals surface area contributed by atoms with E-state index in [1.54, 1.807) is 20.8 Å². The van der Waals surface area contributed by atoms with Gasteiger partial charge in [-0.3, -0.25) is 0 Å². The maximum atomic E-state index is 11.8. The molecule has 3 unspecified atom stereocenters. The van der Waals surface area contributed by atoms with E-state index in [-0.39, 0.29) is 5.92 Å². The van der Waals surface area contributed by atoms with Crippen molar-refractivity contribution in [1.82, 2.24) is 5.32 Å². The molecule has 0 spiro atoms. The summed E-state index contributed by atoms with van der Waals surface area (Å²) in [6.45, 7) is 5.31. The molecule has 0 aromatic carbocycles. The summed E-state index contributed by atoms with van der Waals surface area (Å²) in [4.78, 5) is 23.4. The van der Waals surface area contributed by atoms with E-state index in [0.717, 1.165) is 12.8 Å². The molecule has 0 heterocycles. The second kappa shape index (κ2) is 6.24. The van der Waals surface area contributed by atoms with Gasteiger partial charge in [0.1, 0.15) is 11.6 Å². The summed E-state index contributed by atoms with van der Waals surface area (Å²) in [5.74, 6) is 0.365. The van der Waals surface area contributed by atoms with Crippen LogP contribution in [0.25, 0.3) is 0 Å². The Bertz CT molecular complexity index is 388. The third kappa shape index (κ3) is 4.35. The number of aliphatic carboxylic acids is 1. The van der Waals surface area contributed by atoms with Crippen molar-refractivity contribution in [3.63, 3.8) is 0 Å². The molecule has 0 aromatic rings. The molecule has 0 aliphatic heterocycles. The van der Waals surface area contributed by atoms with Crippen LogP contribution in [0, 0.1) is 17.8 Å². The van der Waals surface area contributed by atoms with Crippen LogP contribution in [0.5, 0.6) is 0 Å². The lowest BCUT2D eigenvalue weighted by atomic mass is 9.82. The van der Waals surface area contributed by atoms with Gasteiger partial charge in [0, 0.05) is 0 Å². The Morgan fingerprint density at radius 1 is 1.14 bits per heavy atom. The molecule has 2 aliphatic rings. The molecule has 21 heavy (non-hydrogen) atoms. The van der Waals surface area contributed by atoms with Crippen LogP contribution >= 0.6 is 0 Å². The first kappa shape index (κ1) is 16.1. The van der Waals surface area contributed by atoms with E-state index in [1.807, 2.05) is 0 Å². The Kier molecular flexibility index (Phi) is 4.79. The molecule has 5 heteroatoms. The fraction of sp³-hybridized carbons (Fsp3) is 0.875. The van der Waals surface area contributed by atoms with Crippen molar-refractivity contribution in [3.05, 3.63) is 0 Å². The number of carboxylic acid groups (broad SMARTS) is 1. The van der Waals surface area contributed by atoms with Gasteiger partial charge in [-0.15, -0.1) is 0 Å². The quantitative estimate of drug-likeness (QED) is 0.839. The minimum absolute atomic E-state index is 0.0307. The van der Waals surface area contributed by atoms with Gasteiger partial charge >= 0.3 is 12.1 Å². The molecule has 2 N–H and O–H groups in total. The first-order valence-electron chi connectivity index (χ1n) is 7.98. The molecule has 2 aliphatic carbocycles. The van der Waals surface area contributed by atoms with Crippen molar-refractivity contribution in [2.24, 2.45) is 17.8 Å². The Morgan fingerprint density at radius 3 is 2.10 bits per heavy atom. The van der Waals surface area contributed by atoms with Gasteiger partial charge < -0.3 is 15.2 Å². The Balaban J connectivity index is 1.96. The maximum absolute atomic E-state index is 11.8. The smallest absolute Gasteiger partial charge is 0.408 e. The van der Waals surface area contributed by atoms with Crippen LogP contribution in [0.3, 0.4) is 0 Å². The number of hydrogen-bond acceptors (Lipinski definition) is 3. The standard InChI is InChI=1S/C16H27NO4/c1-16(2,3)21-15(20)17-13(14(18)19)12-8-10-6-4-5-7-11(10)9-12/h10-13H,4-9H2,1-3H3,(H,17,20)(H,18,19). The molecule has 0 aromatic heterocycles. The van der Waals surface area contributed by atoms with Gasteiger partial charge in [-0.25, -0.2) is 9.59 Å². The van der Waals surface area contributed by atoms with E-state index in [9.17, 15) is 14.7 Å². The Hall–Kier alpha value is -1.26. The molecule has 2 saturated carbocycles. The normalized spacial score (nSPS) is 30.3. The summed E-state index contributed by atoms with van der Waals surface area (Å²) in [5, 5.41) is 12.0. The first-order chi connectivity index (χ1) is 9.76. The van der Waals surface area contributed by atoms with Crippen LogP contribution in [0.1, 0.15) is 59.3 Å². The van der Waals surface area contributed by atoms with Gasteiger partial charge in [-0.1, -0.05) is 25.7 Å². The second-order valence-electron chi connectivity index (χ2n) is 7.50. The minimum atomic E-state index is -0.954. The van der Waals surface area contributed by atoms with E-state index >= 15 is 0 Å². The molecule has 2 fully saturated rings. The number of alkyl carbamates (subject to hydrolysis) is 1. The lowest BCUT2D eigenvalue weighted by Crippen LogP contribution is -2.47. The number of amides is 1. The topological polar surface area (TPSA) is 75.6 Å². The van der Waals surface area contributed by atoms with Gasteiger partial charge in [0.05, 0.1) is 0 Å². The fourth-order valence-electron chi connectivity index (χ4n) is 3.87. The van der Waals surface area contributed by atoms with Crippen molar-refractivity contribution >= 4 is 12.1 Å². The Labute approximate surface area is 126 Å². The van der Waals surface area contributed by atoms with E-state index in [2.05, 4.69) is 5.32 Å². The lowest BCUT2D eigenvalue weighted by Gasteiger charge is -2.24. The predicted octanol–water partition coefficient (Wildman–Crippen LogP) is 3.18. The van der Waals surface area contributed by atoms with Gasteiger partial charge in [-0.2, -0.15) is 0 Å². The van der Waals surface area contributed by atoms with Gasteiger partial charge in [0.25, 0.3) is 0 Å². The highest BCUT2D eigenvalue weighted by Crippen LogP contribution is 2.46. The third-order valence-corrected chi connectivity index (χ3v) is 4.69. The molecule has 3 atom stereocenters. The van der Waals surface area contributed by atoms with E-state index in [4.69, 9.17) is 4.74 Å². The maximum Gasteiger partial charge on any atom is 0.408 e. The Morgan fingerprint density at radius 2 is 1.67 bits per heavy atom. The number of nitrogens with one attached hydrogen (secondary N) is 1. The van der Waals surface area contributed by atoms with Crippen LogP contribution in [0.4, 0.5) is 4.79 Å². The van der Waals surface area contributed by atoms with Crippen molar-refractivity contribution in [2.45, 2.75) is 70.9 Å². The molecule has 1 amide bonds.